The van der Waals surface area contributed by atoms with Crippen molar-refractivity contribution in [2.45, 2.75) is 11.8 Å². The monoisotopic (exact) mass is 335 g/mol. The fourth-order valence-corrected chi connectivity index (χ4v) is 3.76. The minimum atomic E-state index is -1.27. The van der Waals surface area contributed by atoms with Crippen molar-refractivity contribution in [3.63, 3.8) is 0 Å². The predicted octanol–water partition coefficient (Wildman–Crippen LogP) is -0.708. The maximum atomic E-state index is 13.1. The molecule has 0 unspecified atom stereocenters. The molecule has 4 N–H and O–H groups in total. The summed E-state index contributed by atoms with van der Waals surface area (Å²) in [6.07, 6.45) is -0.858. The van der Waals surface area contributed by atoms with Crippen molar-refractivity contribution >= 4 is 17.7 Å². The summed E-state index contributed by atoms with van der Waals surface area (Å²) in [5, 5.41) is 3.89. The average Bonchev–Trinajstić information content (AvgIpc) is 2.92. The van der Waals surface area contributed by atoms with Crippen LogP contribution < -0.4 is 21.6 Å². The number of fused-ring (bicyclic) bond motifs is 6. The molecule has 3 aliphatic rings. The zero-order chi connectivity index (χ0) is 17.2. The standard InChI is InChI=1S/C17H13N5O3/c23-13-14(24)22-16(20-19-13)18-15(25)17(21-22)11-7-3-1-5-9(11)10-6-2-4-8-12(10)17/h1-8,16,20-21H,(H,18,25)(H,19,23)/t16-/m0/s1. The van der Waals surface area contributed by atoms with Gasteiger partial charge in [0.05, 0.1) is 0 Å². The van der Waals surface area contributed by atoms with Crippen LogP contribution in [0.1, 0.15) is 11.1 Å². The summed E-state index contributed by atoms with van der Waals surface area (Å²) >= 11 is 0. The summed E-state index contributed by atoms with van der Waals surface area (Å²) in [6, 6.07) is 15.1. The molecular weight excluding hydrogens is 322 g/mol. The molecule has 3 amide bonds. The van der Waals surface area contributed by atoms with Crippen LogP contribution in [0, 0.1) is 0 Å². The van der Waals surface area contributed by atoms with E-state index in [1.54, 1.807) is 0 Å². The second-order valence-electron chi connectivity index (χ2n) is 6.10. The number of rotatable bonds is 0. The molecule has 8 nitrogen and oxygen atoms in total. The Hall–Kier alpha value is -3.23. The Balaban J connectivity index is 1.74. The summed E-state index contributed by atoms with van der Waals surface area (Å²) in [4.78, 5) is 37.1. The van der Waals surface area contributed by atoms with Gasteiger partial charge in [0.1, 0.15) is 0 Å². The number of nitrogens with zero attached hydrogens (tertiary/aromatic N) is 1. The summed E-state index contributed by atoms with van der Waals surface area (Å²) < 4.78 is 0. The first-order valence-electron chi connectivity index (χ1n) is 7.80. The van der Waals surface area contributed by atoms with Crippen LogP contribution in [-0.4, -0.2) is 29.0 Å². The highest BCUT2D eigenvalue weighted by Gasteiger charge is 2.56. The van der Waals surface area contributed by atoms with Gasteiger partial charge in [0.25, 0.3) is 5.91 Å². The zero-order valence-electron chi connectivity index (χ0n) is 12.9. The molecule has 0 bridgehead atoms. The Bertz CT molecular complexity index is 911. The molecule has 2 aromatic carbocycles. The first kappa shape index (κ1) is 14.1. The molecule has 5 rings (SSSR count). The predicted molar refractivity (Wildman–Crippen MR) is 85.8 cm³/mol. The molecule has 0 saturated carbocycles. The van der Waals surface area contributed by atoms with Crippen molar-refractivity contribution in [2.24, 2.45) is 0 Å². The van der Waals surface area contributed by atoms with E-state index < -0.39 is 23.6 Å². The lowest BCUT2D eigenvalue weighted by Gasteiger charge is -2.47. The quantitative estimate of drug-likeness (QED) is 0.477. The molecular formula is C17H13N5O3. The van der Waals surface area contributed by atoms with Crippen LogP contribution in [0.25, 0.3) is 11.1 Å². The van der Waals surface area contributed by atoms with Crippen LogP contribution in [0.3, 0.4) is 0 Å². The molecule has 1 spiro atoms. The normalized spacial score (nSPS) is 22.8. The van der Waals surface area contributed by atoms with E-state index in [1.165, 1.54) is 0 Å². The summed E-state index contributed by atoms with van der Waals surface area (Å²) in [5.41, 5.74) is 9.91. The van der Waals surface area contributed by atoms with Crippen LogP contribution in [-0.2, 0) is 19.9 Å². The molecule has 1 aliphatic carbocycles. The third-order valence-corrected chi connectivity index (χ3v) is 4.84. The van der Waals surface area contributed by atoms with Crippen LogP contribution in [0.15, 0.2) is 48.5 Å². The largest absolute Gasteiger partial charge is 0.330 e. The second kappa shape index (κ2) is 4.65. The third kappa shape index (κ3) is 1.64. The number of carbonyl (C=O) groups is 3. The highest BCUT2D eigenvalue weighted by molar-refractivity contribution is 6.35. The Morgan fingerprint density at radius 1 is 0.880 bits per heavy atom. The Morgan fingerprint density at radius 3 is 2.12 bits per heavy atom. The molecule has 124 valence electrons. The van der Waals surface area contributed by atoms with Gasteiger partial charge in [0.15, 0.2) is 11.8 Å². The van der Waals surface area contributed by atoms with E-state index in [2.05, 4.69) is 21.6 Å². The van der Waals surface area contributed by atoms with E-state index >= 15 is 0 Å². The second-order valence-corrected chi connectivity index (χ2v) is 6.10. The molecule has 8 heteroatoms. The van der Waals surface area contributed by atoms with Gasteiger partial charge in [-0.05, 0) is 22.3 Å². The van der Waals surface area contributed by atoms with Gasteiger partial charge >= 0.3 is 11.8 Å². The van der Waals surface area contributed by atoms with Gasteiger partial charge in [-0.3, -0.25) is 19.8 Å². The molecule has 0 aromatic heterocycles. The maximum Gasteiger partial charge on any atom is 0.330 e. The van der Waals surface area contributed by atoms with E-state index in [0.717, 1.165) is 27.3 Å². The smallest absolute Gasteiger partial charge is 0.319 e. The number of hydrazine groups is 2. The molecule has 2 saturated heterocycles. The van der Waals surface area contributed by atoms with Gasteiger partial charge in [-0.15, -0.1) is 0 Å². The number of amides is 3. The van der Waals surface area contributed by atoms with Crippen molar-refractivity contribution < 1.29 is 14.4 Å². The topological polar surface area (TPSA) is 103 Å². The lowest BCUT2D eigenvalue weighted by atomic mass is 9.86. The van der Waals surface area contributed by atoms with Crippen LogP contribution in [0.5, 0.6) is 0 Å². The molecule has 2 heterocycles. The Morgan fingerprint density at radius 2 is 1.48 bits per heavy atom. The summed E-state index contributed by atoms with van der Waals surface area (Å²) in [7, 11) is 0. The van der Waals surface area contributed by atoms with E-state index in [-0.39, 0.29) is 5.91 Å². The van der Waals surface area contributed by atoms with Crippen LogP contribution in [0.4, 0.5) is 0 Å². The SMILES string of the molecule is O=C1NN[C@@H]2NC(=O)C3(NN2C1=O)c1ccccc1-c1ccccc13. The zero-order valence-corrected chi connectivity index (χ0v) is 12.9. The van der Waals surface area contributed by atoms with Crippen molar-refractivity contribution in [2.75, 3.05) is 0 Å². The van der Waals surface area contributed by atoms with E-state index in [4.69, 9.17) is 0 Å². The van der Waals surface area contributed by atoms with Gasteiger partial charge < -0.3 is 5.32 Å². The van der Waals surface area contributed by atoms with Gasteiger partial charge in [-0.2, -0.15) is 5.43 Å². The Labute approximate surface area is 142 Å². The fraction of sp³-hybridized carbons (Fsp3) is 0.118. The lowest BCUT2D eigenvalue weighted by Crippen LogP contribution is -2.81. The van der Waals surface area contributed by atoms with Gasteiger partial charge in [0, 0.05) is 0 Å². The molecule has 2 fully saturated rings. The van der Waals surface area contributed by atoms with Crippen molar-refractivity contribution in [1.29, 1.82) is 0 Å². The van der Waals surface area contributed by atoms with Gasteiger partial charge in [-0.1, -0.05) is 48.5 Å². The highest BCUT2D eigenvalue weighted by atomic mass is 16.2. The fourth-order valence-electron chi connectivity index (χ4n) is 3.76. The van der Waals surface area contributed by atoms with Crippen LogP contribution in [0.2, 0.25) is 0 Å². The first-order valence-corrected chi connectivity index (χ1v) is 7.80. The number of carbonyl (C=O) groups excluding carboxylic acids is 3. The molecule has 2 aliphatic heterocycles. The molecule has 25 heavy (non-hydrogen) atoms. The van der Waals surface area contributed by atoms with E-state index in [0.29, 0.717) is 0 Å². The lowest BCUT2D eigenvalue weighted by molar-refractivity contribution is -0.167. The summed E-state index contributed by atoms with van der Waals surface area (Å²) in [6.45, 7) is 0. The van der Waals surface area contributed by atoms with E-state index in [9.17, 15) is 14.4 Å². The highest BCUT2D eigenvalue weighted by Crippen LogP contribution is 2.48. The van der Waals surface area contributed by atoms with Gasteiger partial charge in [0.2, 0.25) is 0 Å². The molecule has 1 atom stereocenters. The minimum Gasteiger partial charge on any atom is -0.319 e. The van der Waals surface area contributed by atoms with Crippen LogP contribution >= 0.6 is 0 Å². The summed E-state index contributed by atoms with van der Waals surface area (Å²) in [5.74, 6) is -1.87. The first-order chi connectivity index (χ1) is 12.1. The third-order valence-electron chi connectivity index (χ3n) is 4.84. The van der Waals surface area contributed by atoms with Gasteiger partial charge in [-0.25, -0.2) is 10.4 Å². The number of hydrogen-bond acceptors (Lipinski definition) is 5. The Kier molecular flexibility index (Phi) is 2.63. The average molecular weight is 335 g/mol. The number of hydrogen-bond donors (Lipinski definition) is 4. The number of nitrogens with one attached hydrogen (secondary N) is 4. The van der Waals surface area contributed by atoms with Crippen molar-refractivity contribution in [1.82, 2.24) is 26.6 Å². The van der Waals surface area contributed by atoms with Crippen molar-refractivity contribution in [3.8, 4) is 11.1 Å². The molecule has 0 radical (unpaired) electrons. The molecule has 2 aromatic rings. The number of benzene rings is 2. The maximum absolute atomic E-state index is 13.1. The van der Waals surface area contributed by atoms with E-state index in [1.807, 2.05) is 48.5 Å². The minimum absolute atomic E-state index is 0.303. The van der Waals surface area contributed by atoms with Crippen molar-refractivity contribution in [3.05, 3.63) is 59.7 Å².